The third-order valence-corrected chi connectivity index (χ3v) is 7.17. The molecule has 0 saturated carbocycles. The molecule has 3 amide bonds. The molecule has 1 fully saturated rings. The smallest absolute Gasteiger partial charge is 0.410 e. The zero-order valence-corrected chi connectivity index (χ0v) is 26.0. The summed E-state index contributed by atoms with van der Waals surface area (Å²) in [6.45, 7) is 6.49. The Morgan fingerprint density at radius 2 is 1.48 bits per heavy atom. The average molecular weight is 604 g/mol. The van der Waals surface area contributed by atoms with Gasteiger partial charge in [-0.25, -0.2) is 4.79 Å². The number of carbonyl (C=O) groups is 3. The summed E-state index contributed by atoms with van der Waals surface area (Å²) in [6.07, 6.45) is 3.07. The number of para-hydroxylation sites is 2. The molecule has 3 aromatic carbocycles. The van der Waals surface area contributed by atoms with E-state index in [0.29, 0.717) is 52.7 Å². The number of ether oxygens (including phenoxy) is 4. The van der Waals surface area contributed by atoms with Gasteiger partial charge < -0.3 is 34.5 Å². The van der Waals surface area contributed by atoms with Crippen molar-refractivity contribution in [3.8, 4) is 17.2 Å². The first kappa shape index (κ1) is 32.2. The lowest BCUT2D eigenvalue weighted by Gasteiger charge is -2.36. The molecule has 2 N–H and O–H groups in total. The van der Waals surface area contributed by atoms with Gasteiger partial charge in [-0.2, -0.15) is 0 Å². The van der Waals surface area contributed by atoms with Gasteiger partial charge in [0.15, 0.2) is 0 Å². The molecule has 4 rings (SSSR count). The van der Waals surface area contributed by atoms with Gasteiger partial charge in [0, 0.05) is 30.6 Å². The fraction of sp³-hybridized carbons (Fsp3) is 0.382. The van der Waals surface area contributed by atoms with E-state index in [4.69, 9.17) is 18.9 Å². The van der Waals surface area contributed by atoms with E-state index in [9.17, 15) is 14.4 Å². The highest BCUT2D eigenvalue weighted by Crippen LogP contribution is 2.29. The van der Waals surface area contributed by atoms with Crippen molar-refractivity contribution in [1.29, 1.82) is 0 Å². The van der Waals surface area contributed by atoms with Crippen LogP contribution in [-0.2, 0) is 4.74 Å². The minimum Gasteiger partial charge on any atom is -0.497 e. The first-order valence-corrected chi connectivity index (χ1v) is 14.7. The van der Waals surface area contributed by atoms with Crippen LogP contribution in [0.2, 0.25) is 0 Å². The second-order valence-electron chi connectivity index (χ2n) is 11.5. The number of likely N-dealkylation sites (tertiary alicyclic amines) is 1. The van der Waals surface area contributed by atoms with Crippen LogP contribution in [-0.4, -0.2) is 61.8 Å². The molecule has 0 aliphatic carbocycles. The molecule has 1 aliphatic rings. The van der Waals surface area contributed by atoms with E-state index < -0.39 is 11.5 Å². The maximum atomic E-state index is 13.5. The van der Waals surface area contributed by atoms with Gasteiger partial charge in [-0.15, -0.1) is 0 Å². The van der Waals surface area contributed by atoms with Crippen LogP contribution in [0.4, 0.5) is 16.2 Å². The van der Waals surface area contributed by atoms with Crippen LogP contribution in [0.1, 0.15) is 67.2 Å². The van der Waals surface area contributed by atoms with E-state index in [1.54, 1.807) is 85.8 Å². The van der Waals surface area contributed by atoms with Crippen molar-refractivity contribution in [3.05, 3.63) is 77.9 Å². The molecular weight excluding hydrogens is 562 g/mol. The van der Waals surface area contributed by atoms with Crippen LogP contribution in [0.5, 0.6) is 17.2 Å². The number of nitrogens with one attached hydrogen (secondary N) is 2. The number of methoxy groups -OCH3 is 2. The summed E-state index contributed by atoms with van der Waals surface area (Å²) in [5, 5.41) is 5.76. The molecule has 10 heteroatoms. The number of hydrogen-bond acceptors (Lipinski definition) is 7. The minimum absolute atomic E-state index is 0.0253. The van der Waals surface area contributed by atoms with Crippen molar-refractivity contribution in [2.45, 2.75) is 58.1 Å². The molecule has 1 unspecified atom stereocenters. The molecule has 10 nitrogen and oxygen atoms in total. The van der Waals surface area contributed by atoms with Crippen LogP contribution < -0.4 is 24.8 Å². The van der Waals surface area contributed by atoms with E-state index in [1.165, 1.54) is 0 Å². The zero-order valence-electron chi connectivity index (χ0n) is 26.0. The molecule has 1 saturated heterocycles. The first-order valence-electron chi connectivity index (χ1n) is 14.7. The monoisotopic (exact) mass is 603 g/mol. The Morgan fingerprint density at radius 1 is 0.841 bits per heavy atom. The summed E-state index contributed by atoms with van der Waals surface area (Å²) in [5.74, 6) is 0.789. The van der Waals surface area contributed by atoms with E-state index in [-0.39, 0.29) is 24.6 Å². The maximum Gasteiger partial charge on any atom is 0.410 e. The summed E-state index contributed by atoms with van der Waals surface area (Å²) in [5.41, 5.74) is 1.04. The molecule has 0 bridgehead atoms. The highest BCUT2D eigenvalue weighted by molar-refractivity contribution is 6.10. The second-order valence-corrected chi connectivity index (χ2v) is 11.5. The maximum absolute atomic E-state index is 13.5. The quantitative estimate of drug-likeness (QED) is 0.263. The Bertz CT molecular complexity index is 1450. The van der Waals surface area contributed by atoms with Gasteiger partial charge in [-0.1, -0.05) is 12.1 Å². The number of piperidine rings is 1. The van der Waals surface area contributed by atoms with Gasteiger partial charge in [0.25, 0.3) is 11.8 Å². The van der Waals surface area contributed by atoms with Crippen LogP contribution in [0.3, 0.4) is 0 Å². The lowest BCUT2D eigenvalue weighted by atomic mass is 10.0. The molecular formula is C34H41N3O7. The van der Waals surface area contributed by atoms with Gasteiger partial charge in [-0.05, 0) is 88.6 Å². The summed E-state index contributed by atoms with van der Waals surface area (Å²) >= 11 is 0. The van der Waals surface area contributed by atoms with Crippen molar-refractivity contribution >= 4 is 29.3 Å². The number of carbonyl (C=O) groups excluding carboxylic acids is 3. The number of anilines is 2. The van der Waals surface area contributed by atoms with Crippen molar-refractivity contribution in [2.24, 2.45) is 0 Å². The Labute approximate surface area is 258 Å². The van der Waals surface area contributed by atoms with Gasteiger partial charge in [-0.3, -0.25) is 9.59 Å². The van der Waals surface area contributed by atoms with Gasteiger partial charge >= 0.3 is 6.09 Å². The SMILES string of the molecule is COc1ccc(C(=O)Nc2ccccc2NC(=O)c2ccc(OC)cc2OCCC2CCCCN2C(=O)OC(C)(C)C)cc1. The summed E-state index contributed by atoms with van der Waals surface area (Å²) in [6, 6.07) is 18.7. The van der Waals surface area contributed by atoms with Crippen molar-refractivity contribution in [1.82, 2.24) is 4.90 Å². The van der Waals surface area contributed by atoms with Gasteiger partial charge in [0.1, 0.15) is 22.8 Å². The number of nitrogens with zero attached hydrogens (tertiary/aromatic N) is 1. The zero-order chi connectivity index (χ0) is 31.7. The van der Waals surface area contributed by atoms with E-state index in [0.717, 1.165) is 19.3 Å². The van der Waals surface area contributed by atoms with Crippen LogP contribution in [0.15, 0.2) is 66.7 Å². The average Bonchev–Trinajstić information content (AvgIpc) is 3.01. The highest BCUT2D eigenvalue weighted by Gasteiger charge is 2.30. The van der Waals surface area contributed by atoms with Crippen LogP contribution >= 0.6 is 0 Å². The molecule has 0 radical (unpaired) electrons. The van der Waals surface area contributed by atoms with Crippen molar-refractivity contribution < 1.29 is 33.3 Å². The minimum atomic E-state index is -0.574. The van der Waals surface area contributed by atoms with Gasteiger partial charge in [0.05, 0.1) is 37.8 Å². The van der Waals surface area contributed by atoms with Crippen molar-refractivity contribution in [3.63, 3.8) is 0 Å². The Kier molecular flexibility index (Phi) is 10.7. The molecule has 234 valence electrons. The second kappa shape index (κ2) is 14.6. The largest absolute Gasteiger partial charge is 0.497 e. The molecule has 1 heterocycles. The number of rotatable bonds is 10. The third-order valence-electron chi connectivity index (χ3n) is 7.17. The molecule has 1 aliphatic heterocycles. The number of hydrogen-bond donors (Lipinski definition) is 2. The number of amides is 3. The van der Waals surface area contributed by atoms with Crippen LogP contribution in [0, 0.1) is 0 Å². The first-order chi connectivity index (χ1) is 21.1. The summed E-state index contributed by atoms with van der Waals surface area (Å²) in [7, 11) is 3.10. The molecule has 44 heavy (non-hydrogen) atoms. The normalized spacial score (nSPS) is 14.8. The van der Waals surface area contributed by atoms with Crippen LogP contribution in [0.25, 0.3) is 0 Å². The summed E-state index contributed by atoms with van der Waals surface area (Å²) < 4.78 is 22.3. The summed E-state index contributed by atoms with van der Waals surface area (Å²) in [4.78, 5) is 41.0. The molecule has 0 spiro atoms. The highest BCUT2D eigenvalue weighted by atomic mass is 16.6. The fourth-order valence-corrected chi connectivity index (χ4v) is 4.93. The third kappa shape index (κ3) is 8.65. The molecule has 0 aromatic heterocycles. The Balaban J connectivity index is 1.45. The predicted octanol–water partition coefficient (Wildman–Crippen LogP) is 6.77. The lowest BCUT2D eigenvalue weighted by molar-refractivity contribution is 0.00742. The molecule has 3 aromatic rings. The topological polar surface area (TPSA) is 115 Å². The van der Waals surface area contributed by atoms with E-state index in [1.807, 2.05) is 20.8 Å². The van der Waals surface area contributed by atoms with E-state index in [2.05, 4.69) is 10.6 Å². The van der Waals surface area contributed by atoms with Crippen molar-refractivity contribution in [2.75, 3.05) is 38.0 Å². The predicted molar refractivity (Wildman–Crippen MR) is 169 cm³/mol. The van der Waals surface area contributed by atoms with Gasteiger partial charge in [0.2, 0.25) is 0 Å². The fourth-order valence-electron chi connectivity index (χ4n) is 4.93. The lowest BCUT2D eigenvalue weighted by Crippen LogP contribution is -2.46. The Hall–Kier alpha value is -4.73. The van der Waals surface area contributed by atoms with E-state index >= 15 is 0 Å². The standard InChI is InChI=1S/C34H41N3O7/c1-34(2,3)44-33(40)37-20-9-8-10-24(37)19-21-43-30-22-26(42-5)17-18-27(30)32(39)36-29-12-7-6-11-28(29)35-31(38)23-13-15-25(41-4)16-14-23/h6-7,11-18,22,24H,8-10,19-21H2,1-5H3,(H,35,38)(H,36,39). The number of benzene rings is 3. The Morgan fingerprint density at radius 3 is 2.11 bits per heavy atom. The molecule has 1 atom stereocenters.